The van der Waals surface area contributed by atoms with E-state index >= 15 is 0 Å². The summed E-state index contributed by atoms with van der Waals surface area (Å²) >= 11 is 0. The minimum absolute atomic E-state index is 0.149. The molecule has 0 atom stereocenters. The maximum Gasteiger partial charge on any atom is 0.414 e. The highest BCUT2D eigenvalue weighted by Crippen LogP contribution is 2.25. The second-order valence-electron chi connectivity index (χ2n) is 6.56. The lowest BCUT2D eigenvalue weighted by Crippen LogP contribution is -2.25. The van der Waals surface area contributed by atoms with Gasteiger partial charge in [0.25, 0.3) is 5.91 Å². The SMILES string of the molecule is O=C(Nc1cccc(N2CCOC2=O)c1)c1ccc(N2CCCS2(=O)=O)cc1. The molecule has 0 bridgehead atoms. The molecular weight excluding hydrogens is 382 g/mol. The third-order valence-electron chi connectivity index (χ3n) is 4.69. The third-order valence-corrected chi connectivity index (χ3v) is 6.56. The van der Waals surface area contributed by atoms with Crippen LogP contribution in [0.2, 0.25) is 0 Å². The molecule has 0 radical (unpaired) electrons. The van der Waals surface area contributed by atoms with Crippen molar-refractivity contribution in [1.29, 1.82) is 0 Å². The molecule has 0 aliphatic carbocycles. The molecule has 28 heavy (non-hydrogen) atoms. The van der Waals surface area contributed by atoms with E-state index in [1.165, 1.54) is 9.21 Å². The number of benzene rings is 2. The molecule has 8 nitrogen and oxygen atoms in total. The maximum atomic E-state index is 12.5. The van der Waals surface area contributed by atoms with E-state index in [1.807, 2.05) is 0 Å². The molecular formula is C19H19N3O5S. The summed E-state index contributed by atoms with van der Waals surface area (Å²) in [6.07, 6.45) is 0.196. The molecule has 0 unspecified atom stereocenters. The Bertz CT molecular complexity index is 1020. The van der Waals surface area contributed by atoms with Crippen LogP contribution in [0.1, 0.15) is 16.8 Å². The highest BCUT2D eigenvalue weighted by atomic mass is 32.2. The van der Waals surface area contributed by atoms with Gasteiger partial charge in [-0.3, -0.25) is 14.0 Å². The van der Waals surface area contributed by atoms with Crippen molar-refractivity contribution in [2.45, 2.75) is 6.42 Å². The van der Waals surface area contributed by atoms with Crippen molar-refractivity contribution >= 4 is 39.1 Å². The van der Waals surface area contributed by atoms with E-state index in [4.69, 9.17) is 4.74 Å². The topological polar surface area (TPSA) is 96.0 Å². The van der Waals surface area contributed by atoms with Gasteiger partial charge in [0, 0.05) is 23.5 Å². The summed E-state index contributed by atoms with van der Waals surface area (Å²) in [5.41, 5.74) is 2.17. The zero-order valence-electron chi connectivity index (χ0n) is 15.0. The highest BCUT2D eigenvalue weighted by molar-refractivity contribution is 7.93. The summed E-state index contributed by atoms with van der Waals surface area (Å²) < 4.78 is 30.3. The summed E-state index contributed by atoms with van der Waals surface area (Å²) in [7, 11) is -3.25. The van der Waals surface area contributed by atoms with Crippen LogP contribution in [0.4, 0.5) is 21.9 Å². The Balaban J connectivity index is 1.47. The van der Waals surface area contributed by atoms with E-state index in [-0.39, 0.29) is 11.7 Å². The van der Waals surface area contributed by atoms with Crippen molar-refractivity contribution in [2.75, 3.05) is 40.0 Å². The Kier molecular flexibility index (Phi) is 4.68. The maximum absolute atomic E-state index is 12.5. The van der Waals surface area contributed by atoms with Gasteiger partial charge in [-0.1, -0.05) is 6.07 Å². The van der Waals surface area contributed by atoms with Gasteiger partial charge in [-0.25, -0.2) is 13.2 Å². The van der Waals surface area contributed by atoms with Crippen LogP contribution in [-0.4, -0.2) is 45.9 Å². The van der Waals surface area contributed by atoms with Crippen LogP contribution >= 0.6 is 0 Å². The summed E-state index contributed by atoms with van der Waals surface area (Å²) in [6, 6.07) is 13.4. The van der Waals surface area contributed by atoms with Crippen LogP contribution in [0.15, 0.2) is 48.5 Å². The molecule has 0 aromatic heterocycles. The van der Waals surface area contributed by atoms with Gasteiger partial charge in [0.1, 0.15) is 6.61 Å². The molecule has 2 heterocycles. The number of cyclic esters (lactones) is 1. The first kappa shape index (κ1) is 18.3. The van der Waals surface area contributed by atoms with E-state index < -0.39 is 16.1 Å². The van der Waals surface area contributed by atoms with E-state index in [0.29, 0.717) is 48.7 Å². The molecule has 2 aromatic rings. The van der Waals surface area contributed by atoms with Gasteiger partial charge in [0.15, 0.2) is 0 Å². The van der Waals surface area contributed by atoms with Gasteiger partial charge in [-0.15, -0.1) is 0 Å². The van der Waals surface area contributed by atoms with E-state index in [9.17, 15) is 18.0 Å². The van der Waals surface area contributed by atoms with Gasteiger partial charge in [0.2, 0.25) is 10.0 Å². The molecule has 4 rings (SSSR count). The molecule has 9 heteroatoms. The molecule has 0 saturated carbocycles. The Morgan fingerprint density at radius 2 is 1.82 bits per heavy atom. The summed E-state index contributed by atoms with van der Waals surface area (Å²) in [5.74, 6) is -0.173. The number of nitrogens with one attached hydrogen (secondary N) is 1. The fraction of sp³-hybridized carbons (Fsp3) is 0.263. The van der Waals surface area contributed by atoms with Crippen LogP contribution < -0.4 is 14.5 Å². The van der Waals surface area contributed by atoms with Crippen LogP contribution in [0.3, 0.4) is 0 Å². The molecule has 2 saturated heterocycles. The molecule has 0 spiro atoms. The number of carbonyl (C=O) groups is 2. The van der Waals surface area contributed by atoms with E-state index in [1.54, 1.807) is 48.5 Å². The summed E-state index contributed by atoms with van der Waals surface area (Å²) in [6.45, 7) is 1.27. The molecule has 2 fully saturated rings. The van der Waals surface area contributed by atoms with E-state index in [0.717, 1.165) is 0 Å². The quantitative estimate of drug-likeness (QED) is 0.849. The van der Waals surface area contributed by atoms with Crippen LogP contribution in [0.25, 0.3) is 0 Å². The fourth-order valence-electron chi connectivity index (χ4n) is 3.29. The molecule has 2 aliphatic rings. The first-order valence-corrected chi connectivity index (χ1v) is 10.5. The lowest BCUT2D eigenvalue weighted by atomic mass is 10.2. The summed E-state index contributed by atoms with van der Waals surface area (Å²) in [5, 5.41) is 2.79. The smallest absolute Gasteiger partial charge is 0.414 e. The first-order valence-electron chi connectivity index (χ1n) is 8.90. The monoisotopic (exact) mass is 401 g/mol. The van der Waals surface area contributed by atoms with Gasteiger partial charge < -0.3 is 10.1 Å². The number of amides is 2. The molecule has 146 valence electrons. The minimum Gasteiger partial charge on any atom is -0.447 e. The van der Waals surface area contributed by atoms with Crippen LogP contribution in [0.5, 0.6) is 0 Å². The standard InChI is InChI=1S/C19H19N3O5S/c23-18(14-5-7-16(8-6-14)22-9-2-12-28(22,25)26)20-15-3-1-4-17(13-15)21-10-11-27-19(21)24/h1,3-8,13H,2,9-12H2,(H,20,23). The lowest BCUT2D eigenvalue weighted by molar-refractivity contribution is 0.102. The summed E-state index contributed by atoms with van der Waals surface area (Å²) in [4.78, 5) is 25.7. The molecule has 2 aliphatic heterocycles. The van der Waals surface area contributed by atoms with Gasteiger partial charge >= 0.3 is 6.09 Å². The Morgan fingerprint density at radius 1 is 1.04 bits per heavy atom. The van der Waals surface area contributed by atoms with Crippen molar-refractivity contribution in [3.05, 3.63) is 54.1 Å². The third kappa shape index (κ3) is 3.53. The predicted octanol–water partition coefficient (Wildman–Crippen LogP) is 2.44. The lowest BCUT2D eigenvalue weighted by Gasteiger charge is -2.17. The van der Waals surface area contributed by atoms with Gasteiger partial charge in [0.05, 0.1) is 18.0 Å². The van der Waals surface area contributed by atoms with Gasteiger partial charge in [-0.2, -0.15) is 0 Å². The number of sulfonamides is 1. The molecule has 2 amide bonds. The number of anilines is 3. The second-order valence-corrected chi connectivity index (χ2v) is 8.57. The number of rotatable bonds is 4. The number of nitrogens with zero attached hydrogens (tertiary/aromatic N) is 2. The van der Waals surface area contributed by atoms with Crippen molar-refractivity contribution in [3.8, 4) is 0 Å². The highest BCUT2D eigenvalue weighted by Gasteiger charge is 2.28. The Hall–Kier alpha value is -3.07. The molecule has 2 aromatic carbocycles. The predicted molar refractivity (Wildman–Crippen MR) is 105 cm³/mol. The number of ether oxygens (including phenoxy) is 1. The zero-order chi connectivity index (χ0) is 19.7. The second kappa shape index (κ2) is 7.16. The largest absolute Gasteiger partial charge is 0.447 e. The van der Waals surface area contributed by atoms with Crippen LogP contribution in [-0.2, 0) is 14.8 Å². The van der Waals surface area contributed by atoms with E-state index in [2.05, 4.69) is 5.32 Å². The normalized spacial score (nSPS) is 18.2. The number of hydrogen-bond acceptors (Lipinski definition) is 5. The van der Waals surface area contributed by atoms with Crippen LogP contribution in [0, 0.1) is 0 Å². The number of hydrogen-bond donors (Lipinski definition) is 1. The Labute approximate surface area is 162 Å². The fourth-order valence-corrected chi connectivity index (χ4v) is 4.86. The van der Waals surface area contributed by atoms with Crippen molar-refractivity contribution < 1.29 is 22.7 Å². The number of carbonyl (C=O) groups excluding carboxylic acids is 2. The zero-order valence-corrected chi connectivity index (χ0v) is 15.8. The average molecular weight is 401 g/mol. The molecule has 1 N–H and O–H groups in total. The van der Waals surface area contributed by atoms with Gasteiger partial charge in [-0.05, 0) is 48.9 Å². The van der Waals surface area contributed by atoms with Crippen molar-refractivity contribution in [2.24, 2.45) is 0 Å². The Morgan fingerprint density at radius 3 is 2.46 bits per heavy atom. The van der Waals surface area contributed by atoms with Crippen molar-refractivity contribution in [1.82, 2.24) is 0 Å². The minimum atomic E-state index is -3.25. The average Bonchev–Trinajstić information content (AvgIpc) is 3.26. The first-order chi connectivity index (χ1) is 13.4. The van der Waals surface area contributed by atoms with Crippen molar-refractivity contribution in [3.63, 3.8) is 0 Å².